The van der Waals surface area contributed by atoms with E-state index >= 15 is 0 Å². The first-order valence-corrected chi connectivity index (χ1v) is 12.2. The van der Waals surface area contributed by atoms with Crippen molar-refractivity contribution in [3.8, 4) is 0 Å². The van der Waals surface area contributed by atoms with Crippen molar-refractivity contribution >= 4 is 5.97 Å². The van der Waals surface area contributed by atoms with Gasteiger partial charge in [0.25, 0.3) is 0 Å². The van der Waals surface area contributed by atoms with Gasteiger partial charge in [0.1, 0.15) is 0 Å². The summed E-state index contributed by atoms with van der Waals surface area (Å²) in [5.41, 5.74) is 1.25. The summed E-state index contributed by atoms with van der Waals surface area (Å²) in [6, 6.07) is 10.2. The Morgan fingerprint density at radius 1 is 1.16 bits per heavy atom. The zero-order valence-corrected chi connectivity index (χ0v) is 20.0. The van der Waals surface area contributed by atoms with Crippen molar-refractivity contribution in [1.29, 1.82) is 0 Å². The Bertz CT molecular complexity index is 672. The topological polar surface area (TPSA) is 76.0 Å². The first-order chi connectivity index (χ1) is 15.4. The molecule has 0 amide bonds. The van der Waals surface area contributed by atoms with Crippen molar-refractivity contribution in [2.45, 2.75) is 96.1 Å². The lowest BCUT2D eigenvalue weighted by Crippen LogP contribution is -2.24. The lowest BCUT2D eigenvalue weighted by molar-refractivity contribution is -0.147. The quantitative estimate of drug-likeness (QED) is 0.243. The molecule has 1 aromatic carbocycles. The first kappa shape index (κ1) is 26.6. The third kappa shape index (κ3) is 9.43. The highest BCUT2D eigenvalue weighted by atomic mass is 16.5. The number of unbranched alkanes of at least 4 members (excludes halogenated alkanes) is 1. The number of rotatable bonds is 14. The fraction of sp³-hybridized carbons (Fsp3) is 0.667. The molecule has 0 aliphatic heterocycles. The number of ether oxygens (including phenoxy) is 2. The van der Waals surface area contributed by atoms with E-state index in [1.165, 1.54) is 5.56 Å². The van der Waals surface area contributed by atoms with Gasteiger partial charge >= 0.3 is 5.97 Å². The van der Waals surface area contributed by atoms with Crippen LogP contribution >= 0.6 is 0 Å². The molecule has 180 valence electrons. The third-order valence-corrected chi connectivity index (χ3v) is 6.43. The van der Waals surface area contributed by atoms with Crippen LogP contribution in [-0.4, -0.2) is 47.7 Å². The Hall–Kier alpha value is -1.69. The number of esters is 1. The molecule has 0 saturated heterocycles. The minimum Gasteiger partial charge on any atom is -0.463 e. The largest absolute Gasteiger partial charge is 0.463 e. The Labute approximate surface area is 193 Å². The van der Waals surface area contributed by atoms with Gasteiger partial charge in [0.2, 0.25) is 0 Å². The van der Waals surface area contributed by atoms with Crippen molar-refractivity contribution < 1.29 is 24.5 Å². The predicted octanol–water partition coefficient (Wildman–Crippen LogP) is 4.84. The van der Waals surface area contributed by atoms with Gasteiger partial charge in [-0.05, 0) is 76.2 Å². The second-order valence-corrected chi connectivity index (χ2v) is 9.30. The van der Waals surface area contributed by atoms with E-state index in [9.17, 15) is 15.0 Å². The van der Waals surface area contributed by atoms with Crippen LogP contribution in [0.5, 0.6) is 0 Å². The molecule has 1 fully saturated rings. The van der Waals surface area contributed by atoms with E-state index < -0.39 is 0 Å². The standard InChI is InChI=1S/C27H42O5/c1-20(2)32-27(30)14-10-5-4-9-13-23-24(26(31-3)19-25(23)29)18-17-22(28)16-15-21-11-7-6-8-12-21/h4,6-9,11-12,20,22-26,28-29H,5,10,13-19H2,1-3H3/b9-4-/t22-,23+,24?,25-,26+/m0/s1. The molecule has 0 spiro atoms. The molecular weight excluding hydrogens is 404 g/mol. The summed E-state index contributed by atoms with van der Waals surface area (Å²) in [5.74, 6) is 0.240. The minimum atomic E-state index is -0.378. The van der Waals surface area contributed by atoms with Gasteiger partial charge in [-0.3, -0.25) is 4.79 Å². The number of hydrogen-bond donors (Lipinski definition) is 2. The van der Waals surface area contributed by atoms with Gasteiger partial charge in [0.15, 0.2) is 0 Å². The molecule has 0 aromatic heterocycles. The molecule has 1 aliphatic carbocycles. The van der Waals surface area contributed by atoms with Crippen molar-refractivity contribution in [3.63, 3.8) is 0 Å². The van der Waals surface area contributed by atoms with Gasteiger partial charge < -0.3 is 19.7 Å². The molecule has 1 saturated carbocycles. The minimum absolute atomic E-state index is 0.0375. The molecule has 1 aliphatic rings. The maximum Gasteiger partial charge on any atom is 0.306 e. The zero-order chi connectivity index (χ0) is 23.3. The van der Waals surface area contributed by atoms with Gasteiger partial charge in [-0.15, -0.1) is 0 Å². The number of aliphatic hydroxyl groups excluding tert-OH is 2. The molecule has 5 nitrogen and oxygen atoms in total. The first-order valence-electron chi connectivity index (χ1n) is 12.2. The van der Waals surface area contributed by atoms with Crippen LogP contribution in [0.2, 0.25) is 0 Å². The molecular formula is C27H42O5. The number of aliphatic hydroxyl groups is 2. The lowest BCUT2D eigenvalue weighted by atomic mass is 9.85. The maximum atomic E-state index is 11.6. The Morgan fingerprint density at radius 2 is 1.91 bits per heavy atom. The van der Waals surface area contributed by atoms with E-state index in [0.717, 1.165) is 44.9 Å². The summed E-state index contributed by atoms with van der Waals surface area (Å²) < 4.78 is 10.8. The SMILES string of the molecule is CO[C@@H]1C[C@H](O)[C@H](C/C=C\CCCC(=O)OC(C)C)C1CC[C@@H](O)CCc1ccccc1. The zero-order valence-electron chi connectivity index (χ0n) is 20.0. The monoisotopic (exact) mass is 446 g/mol. The van der Waals surface area contributed by atoms with Gasteiger partial charge in [0, 0.05) is 20.0 Å². The Morgan fingerprint density at radius 3 is 2.59 bits per heavy atom. The summed E-state index contributed by atoms with van der Waals surface area (Å²) in [7, 11) is 1.71. The van der Waals surface area contributed by atoms with Crippen LogP contribution in [0.4, 0.5) is 0 Å². The number of allylic oxidation sites excluding steroid dienone is 2. The lowest BCUT2D eigenvalue weighted by Gasteiger charge is -2.25. The van der Waals surface area contributed by atoms with Gasteiger partial charge in [0.05, 0.1) is 24.4 Å². The second-order valence-electron chi connectivity index (χ2n) is 9.30. The molecule has 1 unspecified atom stereocenters. The summed E-state index contributed by atoms with van der Waals surface area (Å²) in [6.45, 7) is 3.72. The van der Waals surface area contributed by atoms with Gasteiger partial charge in [-0.25, -0.2) is 0 Å². The smallest absolute Gasteiger partial charge is 0.306 e. The van der Waals surface area contributed by atoms with E-state index in [1.54, 1.807) is 7.11 Å². The number of benzene rings is 1. The van der Waals surface area contributed by atoms with Crippen molar-refractivity contribution in [1.82, 2.24) is 0 Å². The van der Waals surface area contributed by atoms with Crippen LogP contribution in [-0.2, 0) is 20.7 Å². The third-order valence-electron chi connectivity index (χ3n) is 6.43. The average Bonchev–Trinajstić information content (AvgIpc) is 3.07. The van der Waals surface area contributed by atoms with Crippen molar-refractivity contribution in [2.24, 2.45) is 11.8 Å². The van der Waals surface area contributed by atoms with Gasteiger partial charge in [-0.1, -0.05) is 42.5 Å². The van der Waals surface area contributed by atoms with Crippen LogP contribution in [0.25, 0.3) is 0 Å². The summed E-state index contributed by atoms with van der Waals surface area (Å²) in [6.07, 6.45) is 10.2. The molecule has 0 heterocycles. The number of carbonyl (C=O) groups excluding carboxylic acids is 1. The number of hydrogen-bond acceptors (Lipinski definition) is 5. The molecule has 0 radical (unpaired) electrons. The molecule has 0 bridgehead atoms. The highest BCUT2D eigenvalue weighted by molar-refractivity contribution is 5.69. The fourth-order valence-corrected chi connectivity index (χ4v) is 4.72. The molecule has 5 heteroatoms. The van der Waals surface area contributed by atoms with Crippen LogP contribution in [0.3, 0.4) is 0 Å². The molecule has 1 aromatic rings. The molecule has 2 rings (SSSR count). The van der Waals surface area contributed by atoms with Crippen LogP contribution in [0, 0.1) is 11.8 Å². The van der Waals surface area contributed by atoms with Crippen LogP contribution in [0.15, 0.2) is 42.5 Å². The Kier molecular flexibility index (Phi) is 12.0. The van der Waals surface area contributed by atoms with E-state index in [4.69, 9.17) is 9.47 Å². The fourth-order valence-electron chi connectivity index (χ4n) is 4.72. The second kappa shape index (κ2) is 14.5. The van der Waals surface area contributed by atoms with E-state index in [0.29, 0.717) is 12.8 Å². The summed E-state index contributed by atoms with van der Waals surface area (Å²) >= 11 is 0. The van der Waals surface area contributed by atoms with E-state index in [1.807, 2.05) is 32.0 Å². The Balaban J connectivity index is 1.75. The number of methoxy groups -OCH3 is 1. The summed E-state index contributed by atoms with van der Waals surface area (Å²) in [5, 5.41) is 21.1. The van der Waals surface area contributed by atoms with E-state index in [-0.39, 0.29) is 42.2 Å². The van der Waals surface area contributed by atoms with Crippen molar-refractivity contribution in [2.75, 3.05) is 7.11 Å². The molecule has 32 heavy (non-hydrogen) atoms. The number of aryl methyl sites for hydroxylation is 1. The van der Waals surface area contributed by atoms with Gasteiger partial charge in [-0.2, -0.15) is 0 Å². The predicted molar refractivity (Wildman–Crippen MR) is 127 cm³/mol. The van der Waals surface area contributed by atoms with E-state index in [2.05, 4.69) is 24.3 Å². The highest BCUT2D eigenvalue weighted by Crippen LogP contribution is 2.40. The maximum absolute atomic E-state index is 11.6. The average molecular weight is 447 g/mol. The van der Waals surface area contributed by atoms with Crippen molar-refractivity contribution in [3.05, 3.63) is 48.0 Å². The normalized spacial score (nSPS) is 24.3. The highest BCUT2D eigenvalue weighted by Gasteiger charge is 2.41. The molecule has 2 N–H and O–H groups in total. The van der Waals surface area contributed by atoms with Crippen LogP contribution in [0.1, 0.15) is 70.8 Å². The molecule has 5 atom stereocenters. The summed E-state index contributed by atoms with van der Waals surface area (Å²) in [4.78, 5) is 11.6. The van der Waals surface area contributed by atoms with Crippen LogP contribution < -0.4 is 0 Å². The number of carbonyl (C=O) groups is 1.